The van der Waals surface area contributed by atoms with Crippen molar-refractivity contribution in [1.29, 1.82) is 0 Å². The number of hydrogen-bond acceptors (Lipinski definition) is 3. The van der Waals surface area contributed by atoms with Gasteiger partial charge in [-0.2, -0.15) is 0 Å². The number of rotatable bonds is 1. The van der Waals surface area contributed by atoms with Gasteiger partial charge >= 0.3 is 0 Å². The van der Waals surface area contributed by atoms with E-state index in [2.05, 4.69) is 30.3 Å². The summed E-state index contributed by atoms with van der Waals surface area (Å²) in [5.74, 6) is 0.854. The maximum absolute atomic E-state index is 6.21. The van der Waals surface area contributed by atoms with Crippen molar-refractivity contribution in [3.8, 4) is 16.9 Å². The van der Waals surface area contributed by atoms with Gasteiger partial charge in [0.2, 0.25) is 0 Å². The molecule has 0 saturated carbocycles. The van der Waals surface area contributed by atoms with Crippen molar-refractivity contribution in [2.24, 2.45) is 0 Å². The second kappa shape index (κ2) is 4.02. The van der Waals surface area contributed by atoms with Crippen LogP contribution in [0, 0.1) is 0 Å². The van der Waals surface area contributed by atoms with Crippen molar-refractivity contribution in [2.45, 2.75) is 0 Å². The first-order valence-corrected chi connectivity index (χ1v) is 8.65. The van der Waals surface area contributed by atoms with Crippen molar-refractivity contribution >= 4 is 54.6 Å². The Hall–Kier alpha value is -3.46. The van der Waals surface area contributed by atoms with E-state index >= 15 is 0 Å². The van der Waals surface area contributed by atoms with Gasteiger partial charge in [-0.05, 0) is 41.3 Å². The lowest BCUT2D eigenvalue weighted by Crippen LogP contribution is -1.88. The van der Waals surface area contributed by atoms with Gasteiger partial charge in [0.1, 0.15) is 28.1 Å². The minimum atomic E-state index is 0.854. The largest absolute Gasteiger partial charge is 0.496 e. The minimum absolute atomic E-state index is 0.854. The smallest absolute Gasteiger partial charge is 0.136 e. The second-order valence-corrected chi connectivity index (χ2v) is 6.87. The molecule has 26 heavy (non-hydrogen) atoms. The van der Waals surface area contributed by atoms with Gasteiger partial charge in [0.05, 0.1) is 7.11 Å². The molecule has 0 fully saturated rings. The van der Waals surface area contributed by atoms with Crippen molar-refractivity contribution in [2.75, 3.05) is 7.11 Å². The minimum Gasteiger partial charge on any atom is -0.496 e. The van der Waals surface area contributed by atoms with Crippen LogP contribution in [0.4, 0.5) is 0 Å². The van der Waals surface area contributed by atoms with Crippen molar-refractivity contribution < 1.29 is 13.6 Å². The van der Waals surface area contributed by atoms with Crippen LogP contribution in [-0.4, -0.2) is 7.11 Å². The van der Waals surface area contributed by atoms with Crippen LogP contribution in [0.3, 0.4) is 0 Å². The first-order valence-electron chi connectivity index (χ1n) is 8.65. The number of hydrogen-bond donors (Lipinski definition) is 0. The average Bonchev–Trinajstić information content (AvgIpc) is 3.20. The highest BCUT2D eigenvalue weighted by molar-refractivity contribution is 6.37. The first-order chi connectivity index (χ1) is 12.8. The summed E-state index contributed by atoms with van der Waals surface area (Å²) in [5, 5.41) is 7.00. The summed E-state index contributed by atoms with van der Waals surface area (Å²) in [4.78, 5) is 0. The molecule has 7 rings (SSSR count). The molecular formula is C23H12O3. The van der Waals surface area contributed by atoms with E-state index in [1.165, 1.54) is 16.2 Å². The Labute approximate surface area is 147 Å². The summed E-state index contributed by atoms with van der Waals surface area (Å²) in [7, 11) is 1.72. The molecule has 2 aromatic heterocycles. The zero-order valence-corrected chi connectivity index (χ0v) is 13.9. The molecule has 3 heteroatoms. The molecule has 2 heterocycles. The third-order valence-electron chi connectivity index (χ3n) is 5.69. The quantitative estimate of drug-likeness (QED) is 0.337. The van der Waals surface area contributed by atoms with Gasteiger partial charge in [0.25, 0.3) is 0 Å². The number of furan rings is 2. The lowest BCUT2D eigenvalue weighted by atomic mass is 9.97. The molecular weight excluding hydrogens is 324 g/mol. The van der Waals surface area contributed by atoms with Crippen LogP contribution in [-0.2, 0) is 0 Å². The van der Waals surface area contributed by atoms with Crippen LogP contribution in [0.15, 0.2) is 63.4 Å². The van der Waals surface area contributed by atoms with Crippen LogP contribution < -0.4 is 4.74 Å². The van der Waals surface area contributed by atoms with Gasteiger partial charge in [-0.1, -0.05) is 24.3 Å². The molecule has 0 saturated heterocycles. The summed E-state index contributed by atoms with van der Waals surface area (Å²) < 4.78 is 18.2. The molecule has 4 aromatic carbocycles. The topological polar surface area (TPSA) is 35.5 Å². The summed E-state index contributed by atoms with van der Waals surface area (Å²) in [5.41, 5.74) is 5.82. The molecule has 0 radical (unpaired) electrons. The molecule has 0 aliphatic heterocycles. The number of ether oxygens (including phenoxy) is 1. The molecule has 3 nitrogen and oxygen atoms in total. The van der Waals surface area contributed by atoms with Crippen molar-refractivity contribution in [3.05, 3.63) is 54.6 Å². The van der Waals surface area contributed by atoms with Crippen LogP contribution >= 0.6 is 0 Å². The fourth-order valence-corrected chi connectivity index (χ4v) is 4.70. The van der Waals surface area contributed by atoms with E-state index in [9.17, 15) is 0 Å². The molecule has 1 aliphatic rings. The third-order valence-corrected chi connectivity index (χ3v) is 5.69. The predicted molar refractivity (Wildman–Crippen MR) is 104 cm³/mol. The SMILES string of the molecule is COc1ccc2oc3ccc4ccc5oc6cccc7c6c5c4c3c2c1-7. The average molecular weight is 336 g/mol. The highest BCUT2D eigenvalue weighted by Crippen LogP contribution is 2.52. The van der Waals surface area contributed by atoms with E-state index in [0.717, 1.165) is 55.4 Å². The van der Waals surface area contributed by atoms with Gasteiger partial charge < -0.3 is 13.6 Å². The fourth-order valence-electron chi connectivity index (χ4n) is 4.70. The Morgan fingerprint density at radius 3 is 2.04 bits per heavy atom. The molecule has 0 bridgehead atoms. The maximum atomic E-state index is 6.21. The number of methoxy groups -OCH3 is 1. The number of benzene rings is 4. The van der Waals surface area contributed by atoms with Crippen molar-refractivity contribution in [3.63, 3.8) is 0 Å². The third kappa shape index (κ3) is 1.24. The van der Waals surface area contributed by atoms with Gasteiger partial charge in [-0.25, -0.2) is 0 Å². The van der Waals surface area contributed by atoms with E-state index in [0.29, 0.717) is 0 Å². The Bertz CT molecular complexity index is 1560. The van der Waals surface area contributed by atoms with Gasteiger partial charge in [-0.3, -0.25) is 0 Å². The van der Waals surface area contributed by atoms with Crippen LogP contribution in [0.5, 0.6) is 5.75 Å². The van der Waals surface area contributed by atoms with E-state index in [1.807, 2.05) is 24.3 Å². The van der Waals surface area contributed by atoms with Gasteiger partial charge in [0.15, 0.2) is 0 Å². The van der Waals surface area contributed by atoms with E-state index in [1.54, 1.807) is 7.11 Å². The first kappa shape index (κ1) is 12.8. The normalized spacial score (nSPS) is 12.8. The Morgan fingerprint density at radius 1 is 0.615 bits per heavy atom. The summed E-state index contributed by atoms with van der Waals surface area (Å²) in [6.07, 6.45) is 0. The number of fused-ring (bicyclic) bond motifs is 1. The van der Waals surface area contributed by atoms with E-state index in [4.69, 9.17) is 13.6 Å². The van der Waals surface area contributed by atoms with Gasteiger partial charge in [0, 0.05) is 32.5 Å². The lowest BCUT2D eigenvalue weighted by molar-refractivity contribution is 0.417. The van der Waals surface area contributed by atoms with E-state index < -0.39 is 0 Å². The lowest BCUT2D eigenvalue weighted by Gasteiger charge is -2.10. The molecule has 122 valence electrons. The predicted octanol–water partition coefficient (Wildman–Crippen LogP) is 6.63. The Kier molecular flexibility index (Phi) is 1.99. The molecule has 0 N–H and O–H groups in total. The summed E-state index contributed by atoms with van der Waals surface area (Å²) in [6.45, 7) is 0. The maximum Gasteiger partial charge on any atom is 0.136 e. The molecule has 6 aromatic rings. The Morgan fingerprint density at radius 2 is 1.27 bits per heavy atom. The molecule has 0 amide bonds. The highest BCUT2D eigenvalue weighted by Gasteiger charge is 2.26. The van der Waals surface area contributed by atoms with Gasteiger partial charge in [-0.15, -0.1) is 0 Å². The fraction of sp³-hybridized carbons (Fsp3) is 0.0435. The molecule has 1 aliphatic carbocycles. The van der Waals surface area contributed by atoms with Crippen LogP contribution in [0.25, 0.3) is 65.8 Å². The van der Waals surface area contributed by atoms with Crippen LogP contribution in [0.1, 0.15) is 0 Å². The summed E-state index contributed by atoms with van der Waals surface area (Å²) in [6, 6.07) is 18.6. The highest BCUT2D eigenvalue weighted by atomic mass is 16.5. The zero-order chi connectivity index (χ0) is 17.0. The second-order valence-electron chi connectivity index (χ2n) is 6.87. The van der Waals surface area contributed by atoms with Crippen LogP contribution in [0.2, 0.25) is 0 Å². The molecule has 0 atom stereocenters. The zero-order valence-electron chi connectivity index (χ0n) is 13.9. The summed E-state index contributed by atoms with van der Waals surface area (Å²) >= 11 is 0. The Balaban J connectivity index is 2.01. The molecule has 0 unspecified atom stereocenters. The molecule has 0 spiro atoms. The standard InChI is InChI=1S/C23H12O3/c1-24-13-9-10-17-23-19(13)12-3-2-4-14-20(12)21-15(25-14)7-5-11-6-8-16(26-17)22(23)18(11)21/h2-10H,1H3. The van der Waals surface area contributed by atoms with E-state index in [-0.39, 0.29) is 0 Å². The monoisotopic (exact) mass is 336 g/mol. The van der Waals surface area contributed by atoms with Crippen molar-refractivity contribution in [1.82, 2.24) is 0 Å².